The number of amides is 3. The number of carbonyl (C=O) groups excluding carboxylic acids is 2. The molecule has 3 aromatic rings. The highest BCUT2D eigenvalue weighted by Gasteiger charge is 2.28. The number of hydrogen-bond donors (Lipinski definition) is 1. The standard InChI is InChI=1S/C24H27N5O2S/c30-22(28-14-13-25-23(28)31)16-32-24-27-26-21(29(24)19-10-2-1-3-11-19)15-18-9-6-8-17-7-4-5-12-20(17)18/h4-9,12,19H,1-3,10-11,13-16H2,(H,25,31). The Morgan fingerprint density at radius 3 is 2.69 bits per heavy atom. The van der Waals surface area contributed by atoms with E-state index in [2.05, 4.69) is 62.5 Å². The summed E-state index contributed by atoms with van der Waals surface area (Å²) >= 11 is 1.39. The van der Waals surface area contributed by atoms with Crippen LogP contribution in [0.3, 0.4) is 0 Å². The summed E-state index contributed by atoms with van der Waals surface area (Å²) < 4.78 is 2.27. The van der Waals surface area contributed by atoms with Gasteiger partial charge in [-0.15, -0.1) is 10.2 Å². The molecule has 2 aromatic carbocycles. The van der Waals surface area contributed by atoms with Crippen LogP contribution in [0.5, 0.6) is 0 Å². The summed E-state index contributed by atoms with van der Waals surface area (Å²) in [6.45, 7) is 0.947. The van der Waals surface area contributed by atoms with Crippen LogP contribution in [-0.2, 0) is 11.2 Å². The van der Waals surface area contributed by atoms with E-state index in [0.717, 1.165) is 23.8 Å². The van der Waals surface area contributed by atoms with Crippen LogP contribution in [0, 0.1) is 0 Å². The molecule has 32 heavy (non-hydrogen) atoms. The number of nitrogens with one attached hydrogen (secondary N) is 1. The Labute approximate surface area is 191 Å². The molecule has 0 bridgehead atoms. The number of fused-ring (bicyclic) bond motifs is 1. The molecular formula is C24H27N5O2S. The van der Waals surface area contributed by atoms with Crippen molar-refractivity contribution in [3.8, 4) is 0 Å². The molecule has 7 nitrogen and oxygen atoms in total. The fraction of sp³-hybridized carbons (Fsp3) is 0.417. The molecule has 1 saturated heterocycles. The van der Waals surface area contributed by atoms with Crippen LogP contribution in [0.4, 0.5) is 4.79 Å². The molecule has 1 aliphatic carbocycles. The normalized spacial score (nSPS) is 17.1. The van der Waals surface area contributed by atoms with E-state index >= 15 is 0 Å². The first-order valence-electron chi connectivity index (χ1n) is 11.3. The number of benzene rings is 2. The summed E-state index contributed by atoms with van der Waals surface area (Å²) in [5.74, 6) is 0.952. The van der Waals surface area contributed by atoms with Gasteiger partial charge in [0.25, 0.3) is 0 Å². The van der Waals surface area contributed by atoms with Gasteiger partial charge in [0.05, 0.1) is 5.75 Å². The Morgan fingerprint density at radius 2 is 1.88 bits per heavy atom. The van der Waals surface area contributed by atoms with Crippen LogP contribution >= 0.6 is 11.8 Å². The van der Waals surface area contributed by atoms with Crippen molar-refractivity contribution >= 4 is 34.5 Å². The highest BCUT2D eigenvalue weighted by Crippen LogP contribution is 2.34. The van der Waals surface area contributed by atoms with Crippen LogP contribution in [0.2, 0.25) is 0 Å². The van der Waals surface area contributed by atoms with Crippen molar-refractivity contribution in [3.63, 3.8) is 0 Å². The number of hydrogen-bond acceptors (Lipinski definition) is 5. The second kappa shape index (κ2) is 9.32. The molecule has 2 fully saturated rings. The summed E-state index contributed by atoms with van der Waals surface area (Å²) in [6.07, 6.45) is 6.59. The summed E-state index contributed by atoms with van der Waals surface area (Å²) in [7, 11) is 0. The molecule has 1 saturated carbocycles. The third-order valence-corrected chi connectivity index (χ3v) is 7.31. The molecule has 3 amide bonds. The van der Waals surface area contributed by atoms with Crippen molar-refractivity contribution in [2.45, 2.75) is 49.7 Å². The fourth-order valence-corrected chi connectivity index (χ4v) is 5.66. The van der Waals surface area contributed by atoms with Gasteiger partial charge in [-0.25, -0.2) is 4.79 Å². The van der Waals surface area contributed by atoms with E-state index in [1.165, 1.54) is 52.3 Å². The first-order chi connectivity index (χ1) is 15.7. The summed E-state index contributed by atoms with van der Waals surface area (Å²) in [6, 6.07) is 14.8. The smallest absolute Gasteiger partial charge is 0.324 e. The lowest BCUT2D eigenvalue weighted by atomic mass is 9.95. The Morgan fingerprint density at radius 1 is 1.06 bits per heavy atom. The average molecular weight is 450 g/mol. The van der Waals surface area contributed by atoms with Gasteiger partial charge in [-0.3, -0.25) is 9.69 Å². The van der Waals surface area contributed by atoms with E-state index in [9.17, 15) is 9.59 Å². The molecule has 0 spiro atoms. The van der Waals surface area contributed by atoms with Crippen molar-refractivity contribution in [2.75, 3.05) is 18.8 Å². The zero-order chi connectivity index (χ0) is 21.9. The van der Waals surface area contributed by atoms with Gasteiger partial charge >= 0.3 is 6.03 Å². The van der Waals surface area contributed by atoms with E-state index in [4.69, 9.17) is 0 Å². The SMILES string of the molecule is O=C(CSc1nnc(Cc2cccc3ccccc23)n1C1CCCCC1)N1CCNC1=O. The average Bonchev–Trinajstić information content (AvgIpc) is 3.44. The minimum Gasteiger partial charge on any atom is -0.336 e. The molecule has 0 unspecified atom stereocenters. The highest BCUT2D eigenvalue weighted by atomic mass is 32.2. The molecule has 166 valence electrons. The molecule has 2 heterocycles. The fourth-order valence-electron chi connectivity index (χ4n) is 4.76. The monoisotopic (exact) mass is 449 g/mol. The van der Waals surface area contributed by atoms with Gasteiger partial charge in [-0.05, 0) is 29.2 Å². The van der Waals surface area contributed by atoms with Crippen LogP contribution < -0.4 is 5.32 Å². The maximum Gasteiger partial charge on any atom is 0.324 e. The molecule has 1 N–H and O–H groups in total. The Bertz CT molecular complexity index is 1130. The first kappa shape index (κ1) is 21.0. The molecule has 1 aliphatic heterocycles. The second-order valence-electron chi connectivity index (χ2n) is 8.44. The van der Waals surface area contributed by atoms with Gasteiger partial charge in [0.1, 0.15) is 5.82 Å². The van der Waals surface area contributed by atoms with E-state index in [1.54, 1.807) is 0 Å². The van der Waals surface area contributed by atoms with E-state index in [-0.39, 0.29) is 17.7 Å². The maximum atomic E-state index is 12.5. The quantitative estimate of drug-likeness (QED) is 0.571. The third kappa shape index (κ3) is 4.24. The summed E-state index contributed by atoms with van der Waals surface area (Å²) in [4.78, 5) is 25.6. The summed E-state index contributed by atoms with van der Waals surface area (Å²) in [5.41, 5.74) is 1.23. The minimum absolute atomic E-state index is 0.182. The van der Waals surface area contributed by atoms with Crippen LogP contribution in [0.15, 0.2) is 47.6 Å². The van der Waals surface area contributed by atoms with Crippen LogP contribution in [0.25, 0.3) is 10.8 Å². The molecule has 2 aliphatic rings. The van der Waals surface area contributed by atoms with Crippen LogP contribution in [0.1, 0.15) is 49.5 Å². The minimum atomic E-state index is -0.305. The second-order valence-corrected chi connectivity index (χ2v) is 9.38. The van der Waals surface area contributed by atoms with Gasteiger partial charge in [0.2, 0.25) is 5.91 Å². The van der Waals surface area contributed by atoms with Crippen molar-refractivity contribution in [2.24, 2.45) is 0 Å². The Balaban J connectivity index is 1.41. The topological polar surface area (TPSA) is 80.1 Å². The number of thioether (sulfide) groups is 1. The lowest BCUT2D eigenvalue weighted by Gasteiger charge is -2.25. The van der Waals surface area contributed by atoms with E-state index in [1.807, 2.05) is 0 Å². The number of aromatic nitrogens is 3. The van der Waals surface area contributed by atoms with Gasteiger partial charge in [-0.1, -0.05) is 73.5 Å². The number of imide groups is 1. The number of nitrogens with zero attached hydrogens (tertiary/aromatic N) is 4. The van der Waals surface area contributed by atoms with Crippen molar-refractivity contribution in [1.29, 1.82) is 0 Å². The summed E-state index contributed by atoms with van der Waals surface area (Å²) in [5, 5.41) is 15.0. The lowest BCUT2D eigenvalue weighted by Crippen LogP contribution is -2.35. The predicted octanol–water partition coefficient (Wildman–Crippen LogP) is 4.17. The molecule has 1 aromatic heterocycles. The van der Waals surface area contributed by atoms with Gasteiger partial charge in [-0.2, -0.15) is 0 Å². The molecule has 8 heteroatoms. The maximum absolute atomic E-state index is 12.5. The highest BCUT2D eigenvalue weighted by molar-refractivity contribution is 7.99. The number of rotatable bonds is 6. The van der Waals surface area contributed by atoms with Gasteiger partial charge < -0.3 is 9.88 Å². The van der Waals surface area contributed by atoms with Crippen molar-refractivity contribution in [1.82, 2.24) is 25.0 Å². The van der Waals surface area contributed by atoms with E-state index < -0.39 is 0 Å². The Kier molecular flexibility index (Phi) is 6.12. The Hall–Kier alpha value is -2.87. The van der Waals surface area contributed by atoms with Crippen molar-refractivity contribution in [3.05, 3.63) is 53.9 Å². The van der Waals surface area contributed by atoms with Gasteiger partial charge in [0, 0.05) is 25.6 Å². The van der Waals surface area contributed by atoms with Crippen LogP contribution in [-0.4, -0.2) is 50.4 Å². The zero-order valence-electron chi connectivity index (χ0n) is 18.0. The number of urea groups is 1. The predicted molar refractivity (Wildman–Crippen MR) is 125 cm³/mol. The zero-order valence-corrected chi connectivity index (χ0v) is 18.8. The lowest BCUT2D eigenvalue weighted by molar-refractivity contribution is -0.124. The van der Waals surface area contributed by atoms with E-state index in [0.29, 0.717) is 25.6 Å². The number of carbonyl (C=O) groups is 2. The third-order valence-electron chi connectivity index (χ3n) is 6.39. The van der Waals surface area contributed by atoms with Gasteiger partial charge in [0.15, 0.2) is 5.16 Å². The molecule has 0 radical (unpaired) electrons. The van der Waals surface area contributed by atoms with Crippen molar-refractivity contribution < 1.29 is 9.59 Å². The first-order valence-corrected chi connectivity index (χ1v) is 12.3. The molecule has 5 rings (SSSR count). The largest absolute Gasteiger partial charge is 0.336 e. The molecule has 0 atom stereocenters. The molecular weight excluding hydrogens is 422 g/mol.